The number of rotatable bonds is 5. The molecule has 0 radical (unpaired) electrons. The highest BCUT2D eigenvalue weighted by molar-refractivity contribution is 6.31. The van der Waals surface area contributed by atoms with Gasteiger partial charge in [0, 0.05) is 50.0 Å². The molecule has 41 heavy (non-hydrogen) atoms. The number of hydrogen-bond donors (Lipinski definition) is 1. The standard InChI is InChI=1S/C29H30ClF3N6O2/c1-2-41-26-19(4-3-10-36-26)22-6-5-20-25(37-22)27(40)39(18-7-11-34-14-18)17-28(20)8-12-38(13-9-28)23-16-35-15-21(30)24(23)29(31,32)33/h3-6,10,15-16,18,34H,2,7-9,11-14,17H2,1H3. The van der Waals surface area contributed by atoms with Gasteiger partial charge in [-0.05, 0) is 56.5 Å². The summed E-state index contributed by atoms with van der Waals surface area (Å²) in [4.78, 5) is 30.7. The molecule has 12 heteroatoms. The third-order valence-corrected chi connectivity index (χ3v) is 8.72. The summed E-state index contributed by atoms with van der Waals surface area (Å²) in [6.45, 7) is 5.05. The van der Waals surface area contributed by atoms with Crippen LogP contribution in [0, 0.1) is 0 Å². The number of nitrogens with zero attached hydrogens (tertiary/aromatic N) is 5. The molecule has 0 saturated carbocycles. The third-order valence-electron chi connectivity index (χ3n) is 8.43. The van der Waals surface area contributed by atoms with Crippen LogP contribution in [0.4, 0.5) is 18.9 Å². The van der Waals surface area contributed by atoms with Crippen molar-refractivity contribution in [2.75, 3.05) is 44.2 Å². The van der Waals surface area contributed by atoms with Crippen molar-refractivity contribution in [1.82, 2.24) is 25.2 Å². The van der Waals surface area contributed by atoms with Gasteiger partial charge in [0.05, 0.1) is 34.8 Å². The van der Waals surface area contributed by atoms with Crippen LogP contribution in [-0.4, -0.2) is 71.1 Å². The topological polar surface area (TPSA) is 83.5 Å². The maximum absolute atomic E-state index is 13.9. The molecular weight excluding hydrogens is 557 g/mol. The fourth-order valence-electron chi connectivity index (χ4n) is 6.41. The van der Waals surface area contributed by atoms with Gasteiger partial charge >= 0.3 is 6.18 Å². The van der Waals surface area contributed by atoms with E-state index in [4.69, 9.17) is 21.3 Å². The number of alkyl halides is 3. The van der Waals surface area contributed by atoms with E-state index in [9.17, 15) is 18.0 Å². The molecule has 3 aromatic heterocycles. The van der Waals surface area contributed by atoms with E-state index >= 15 is 0 Å². The largest absolute Gasteiger partial charge is 0.477 e. The molecule has 6 rings (SSSR count). The first kappa shape index (κ1) is 27.7. The predicted octanol–water partition coefficient (Wildman–Crippen LogP) is 4.97. The molecule has 3 aromatic rings. The van der Waals surface area contributed by atoms with E-state index in [0.717, 1.165) is 24.7 Å². The van der Waals surface area contributed by atoms with Gasteiger partial charge < -0.3 is 19.9 Å². The summed E-state index contributed by atoms with van der Waals surface area (Å²) in [6, 6.07) is 7.54. The molecule has 1 amide bonds. The number of anilines is 1. The van der Waals surface area contributed by atoms with Crippen molar-refractivity contribution in [2.45, 2.75) is 43.8 Å². The first-order chi connectivity index (χ1) is 19.7. The summed E-state index contributed by atoms with van der Waals surface area (Å²) in [5.41, 5.74) is 1.19. The van der Waals surface area contributed by atoms with Crippen LogP contribution in [0.25, 0.3) is 11.3 Å². The molecule has 2 fully saturated rings. The Hall–Kier alpha value is -3.44. The highest BCUT2D eigenvalue weighted by Crippen LogP contribution is 2.46. The van der Waals surface area contributed by atoms with Gasteiger partial charge in [-0.1, -0.05) is 17.7 Å². The van der Waals surface area contributed by atoms with E-state index in [2.05, 4.69) is 15.3 Å². The van der Waals surface area contributed by atoms with Crippen LogP contribution in [0.2, 0.25) is 5.02 Å². The number of aromatic nitrogens is 3. The van der Waals surface area contributed by atoms with Gasteiger partial charge in [0.25, 0.3) is 5.91 Å². The Morgan fingerprint density at radius 2 is 2.00 bits per heavy atom. The number of carbonyl (C=O) groups is 1. The average Bonchev–Trinajstić information content (AvgIpc) is 3.50. The SMILES string of the molecule is CCOc1ncccc1-c1ccc2c(n1)C(=O)N(C1CCNC1)CC21CCN(c2cncc(Cl)c2C(F)(F)F)CC1. The Bertz CT molecular complexity index is 1450. The quantitative estimate of drug-likeness (QED) is 0.452. The van der Waals surface area contributed by atoms with Crippen molar-refractivity contribution < 1.29 is 22.7 Å². The summed E-state index contributed by atoms with van der Waals surface area (Å²) in [5.74, 6) is 0.324. The summed E-state index contributed by atoms with van der Waals surface area (Å²) < 4.78 is 47.5. The number of fused-ring (bicyclic) bond motifs is 2. The lowest BCUT2D eigenvalue weighted by Gasteiger charge is -2.49. The van der Waals surface area contributed by atoms with Crippen LogP contribution in [0.5, 0.6) is 5.88 Å². The molecule has 3 aliphatic rings. The lowest BCUT2D eigenvalue weighted by molar-refractivity contribution is -0.137. The van der Waals surface area contributed by atoms with Crippen molar-refractivity contribution in [3.05, 3.63) is 64.7 Å². The number of ether oxygens (including phenoxy) is 1. The zero-order chi connectivity index (χ0) is 28.8. The van der Waals surface area contributed by atoms with Crippen molar-refractivity contribution >= 4 is 23.2 Å². The van der Waals surface area contributed by atoms with Crippen LogP contribution in [0.15, 0.2) is 42.9 Å². The number of amides is 1. The first-order valence-electron chi connectivity index (χ1n) is 13.8. The fraction of sp³-hybridized carbons (Fsp3) is 0.448. The number of halogens is 4. The van der Waals surface area contributed by atoms with E-state index in [1.165, 1.54) is 6.20 Å². The maximum atomic E-state index is 13.9. The molecule has 216 valence electrons. The normalized spacial score (nSPS) is 20.4. The number of hydrogen-bond acceptors (Lipinski definition) is 7. The number of nitrogens with one attached hydrogen (secondary N) is 1. The van der Waals surface area contributed by atoms with Crippen molar-refractivity contribution in [3.63, 3.8) is 0 Å². The molecule has 1 atom stereocenters. The molecule has 0 aliphatic carbocycles. The summed E-state index contributed by atoms with van der Waals surface area (Å²) in [5, 5.41) is 2.93. The highest BCUT2D eigenvalue weighted by Gasteiger charge is 2.48. The molecule has 3 aliphatic heterocycles. The van der Waals surface area contributed by atoms with Crippen molar-refractivity contribution in [3.8, 4) is 17.1 Å². The van der Waals surface area contributed by atoms with Gasteiger partial charge in [0.2, 0.25) is 5.88 Å². The zero-order valence-electron chi connectivity index (χ0n) is 22.5. The first-order valence-corrected chi connectivity index (χ1v) is 14.2. The minimum absolute atomic E-state index is 0.0164. The molecule has 1 unspecified atom stereocenters. The molecular formula is C29H30ClF3N6O2. The Labute approximate surface area is 240 Å². The van der Waals surface area contributed by atoms with E-state index in [1.54, 1.807) is 17.2 Å². The van der Waals surface area contributed by atoms with Gasteiger partial charge in [-0.2, -0.15) is 13.2 Å². The lowest BCUT2D eigenvalue weighted by atomic mass is 9.69. The lowest BCUT2D eigenvalue weighted by Crippen LogP contribution is -2.57. The number of piperidine rings is 1. The van der Waals surface area contributed by atoms with Gasteiger partial charge in [0.1, 0.15) is 11.3 Å². The summed E-state index contributed by atoms with van der Waals surface area (Å²) >= 11 is 5.97. The van der Waals surface area contributed by atoms with Gasteiger partial charge in [0.15, 0.2) is 0 Å². The van der Waals surface area contributed by atoms with Gasteiger partial charge in [-0.25, -0.2) is 9.97 Å². The minimum Gasteiger partial charge on any atom is -0.477 e. The van der Waals surface area contributed by atoms with Gasteiger partial charge in [-0.3, -0.25) is 9.78 Å². The second-order valence-corrected chi connectivity index (χ2v) is 11.1. The van der Waals surface area contributed by atoms with E-state index < -0.39 is 22.2 Å². The Morgan fingerprint density at radius 3 is 2.71 bits per heavy atom. The summed E-state index contributed by atoms with van der Waals surface area (Å²) in [6.07, 6.45) is 1.24. The van der Waals surface area contributed by atoms with Crippen LogP contribution < -0.4 is 15.0 Å². The van der Waals surface area contributed by atoms with Gasteiger partial charge in [-0.15, -0.1) is 0 Å². The number of pyridine rings is 3. The van der Waals surface area contributed by atoms with Crippen LogP contribution in [0.1, 0.15) is 47.8 Å². The second kappa shape index (κ2) is 10.8. The molecule has 6 heterocycles. The molecule has 2 saturated heterocycles. The molecule has 1 spiro atoms. The monoisotopic (exact) mass is 586 g/mol. The third kappa shape index (κ3) is 4.99. The minimum atomic E-state index is -4.60. The van der Waals surface area contributed by atoms with E-state index in [0.29, 0.717) is 68.5 Å². The summed E-state index contributed by atoms with van der Waals surface area (Å²) in [7, 11) is 0. The maximum Gasteiger partial charge on any atom is 0.419 e. The molecule has 8 nitrogen and oxygen atoms in total. The van der Waals surface area contributed by atoms with E-state index in [-0.39, 0.29) is 17.6 Å². The second-order valence-electron chi connectivity index (χ2n) is 10.7. The van der Waals surface area contributed by atoms with Crippen LogP contribution in [-0.2, 0) is 11.6 Å². The Morgan fingerprint density at radius 1 is 1.20 bits per heavy atom. The number of carbonyl (C=O) groups excluding carboxylic acids is 1. The molecule has 0 aromatic carbocycles. The zero-order valence-corrected chi connectivity index (χ0v) is 23.3. The Kier molecular flexibility index (Phi) is 7.27. The van der Waals surface area contributed by atoms with Crippen LogP contribution >= 0.6 is 11.6 Å². The predicted molar refractivity (Wildman–Crippen MR) is 148 cm³/mol. The average molecular weight is 587 g/mol. The highest BCUT2D eigenvalue weighted by atomic mass is 35.5. The van der Waals surface area contributed by atoms with E-state index in [1.807, 2.05) is 30.0 Å². The smallest absolute Gasteiger partial charge is 0.419 e. The van der Waals surface area contributed by atoms with Crippen molar-refractivity contribution in [2.24, 2.45) is 0 Å². The molecule has 1 N–H and O–H groups in total. The van der Waals surface area contributed by atoms with Crippen molar-refractivity contribution in [1.29, 1.82) is 0 Å². The Balaban J connectivity index is 1.38. The molecule has 0 bridgehead atoms. The van der Waals surface area contributed by atoms with Crippen LogP contribution in [0.3, 0.4) is 0 Å². The fourth-order valence-corrected chi connectivity index (χ4v) is 6.67.